The van der Waals surface area contributed by atoms with Crippen molar-refractivity contribution >= 4 is 55.7 Å². The Morgan fingerprint density at radius 1 is 1.67 bits per heavy atom. The molecule has 0 aliphatic heterocycles. The first kappa shape index (κ1) is 10.5. The number of thiophene rings is 1. The van der Waals surface area contributed by atoms with Crippen LogP contribution in [-0.4, -0.2) is 11.1 Å². The van der Waals surface area contributed by atoms with Crippen LogP contribution >= 0.6 is 50.5 Å². The van der Waals surface area contributed by atoms with Gasteiger partial charge < -0.3 is 0 Å². The quantitative estimate of drug-likeness (QED) is 0.612. The SMILES string of the molecule is O=C(Cl)c1sc(Br)cc1CCCl. The first-order valence-electron chi connectivity index (χ1n) is 3.19. The minimum absolute atomic E-state index is 0.411. The van der Waals surface area contributed by atoms with Crippen LogP contribution in [0.2, 0.25) is 0 Å². The van der Waals surface area contributed by atoms with Gasteiger partial charge in [0.15, 0.2) is 0 Å². The molecular weight excluding hydrogens is 283 g/mol. The van der Waals surface area contributed by atoms with Crippen molar-refractivity contribution in [2.45, 2.75) is 6.42 Å². The van der Waals surface area contributed by atoms with Gasteiger partial charge in [0.25, 0.3) is 5.24 Å². The van der Waals surface area contributed by atoms with Gasteiger partial charge in [-0.2, -0.15) is 0 Å². The molecule has 0 radical (unpaired) electrons. The third-order valence-electron chi connectivity index (χ3n) is 1.32. The molecule has 1 nitrogen and oxygen atoms in total. The molecule has 0 saturated heterocycles. The Bertz CT molecular complexity index is 298. The number of aryl methyl sites for hydroxylation is 1. The zero-order chi connectivity index (χ0) is 9.14. The Hall–Kier alpha value is 0.430. The highest BCUT2D eigenvalue weighted by Crippen LogP contribution is 2.28. The highest BCUT2D eigenvalue weighted by Gasteiger charge is 2.12. The van der Waals surface area contributed by atoms with Crippen LogP contribution in [0, 0.1) is 0 Å². The van der Waals surface area contributed by atoms with Crippen molar-refractivity contribution in [1.29, 1.82) is 0 Å². The molecule has 5 heteroatoms. The Balaban J connectivity index is 2.99. The number of hydrogen-bond acceptors (Lipinski definition) is 2. The topological polar surface area (TPSA) is 17.1 Å². The Kier molecular flexibility index (Phi) is 4.03. The van der Waals surface area contributed by atoms with E-state index in [1.54, 1.807) is 0 Å². The summed E-state index contributed by atoms with van der Waals surface area (Å²) in [6, 6.07) is 1.88. The van der Waals surface area contributed by atoms with Crippen LogP contribution in [0.5, 0.6) is 0 Å². The van der Waals surface area contributed by atoms with Crippen LogP contribution in [0.25, 0.3) is 0 Å². The summed E-state index contributed by atoms with van der Waals surface area (Å²) in [7, 11) is 0. The maximum Gasteiger partial charge on any atom is 0.262 e. The van der Waals surface area contributed by atoms with E-state index in [9.17, 15) is 4.79 Å². The second kappa shape index (κ2) is 4.61. The molecule has 0 aliphatic rings. The number of hydrogen-bond donors (Lipinski definition) is 0. The Morgan fingerprint density at radius 3 is 2.83 bits per heavy atom. The number of carbonyl (C=O) groups is 1. The summed E-state index contributed by atoms with van der Waals surface area (Å²) >= 11 is 15.5. The molecule has 0 aliphatic carbocycles. The number of alkyl halides is 1. The van der Waals surface area contributed by atoms with Crippen LogP contribution < -0.4 is 0 Å². The summed E-state index contributed by atoms with van der Waals surface area (Å²) < 4.78 is 0.909. The summed E-state index contributed by atoms with van der Waals surface area (Å²) in [5.74, 6) is 0.500. The molecule has 0 bridgehead atoms. The second-order valence-electron chi connectivity index (χ2n) is 2.12. The largest absolute Gasteiger partial charge is 0.275 e. The fourth-order valence-electron chi connectivity index (χ4n) is 0.849. The van der Waals surface area contributed by atoms with E-state index in [4.69, 9.17) is 23.2 Å². The van der Waals surface area contributed by atoms with Gasteiger partial charge in [-0.1, -0.05) is 0 Å². The first-order valence-corrected chi connectivity index (χ1v) is 5.71. The summed E-state index contributed by atoms with van der Waals surface area (Å²) in [6.07, 6.45) is 0.678. The van der Waals surface area contributed by atoms with E-state index in [2.05, 4.69) is 15.9 Å². The van der Waals surface area contributed by atoms with Gasteiger partial charge in [-0.3, -0.25) is 4.79 Å². The van der Waals surface area contributed by atoms with Crippen molar-refractivity contribution in [2.75, 3.05) is 5.88 Å². The number of carbonyl (C=O) groups excluding carboxylic acids is 1. The standard InChI is InChI=1S/C7H5BrCl2OS/c8-5-3-4(1-2-9)6(12-5)7(10)11/h3H,1-2H2. The molecule has 1 rings (SSSR count). The van der Waals surface area contributed by atoms with Gasteiger partial charge >= 0.3 is 0 Å². The minimum Gasteiger partial charge on any atom is -0.275 e. The zero-order valence-corrected chi connectivity index (χ0v) is 9.86. The monoisotopic (exact) mass is 286 g/mol. The third-order valence-corrected chi connectivity index (χ3v) is 3.49. The normalized spacial score (nSPS) is 10.2. The van der Waals surface area contributed by atoms with E-state index in [-0.39, 0.29) is 0 Å². The molecule has 0 saturated carbocycles. The highest BCUT2D eigenvalue weighted by atomic mass is 79.9. The second-order valence-corrected chi connectivity index (χ2v) is 5.27. The molecule has 12 heavy (non-hydrogen) atoms. The van der Waals surface area contributed by atoms with Crippen LogP contribution in [0.4, 0.5) is 0 Å². The fourth-order valence-corrected chi connectivity index (χ4v) is 2.82. The molecule has 1 heterocycles. The summed E-state index contributed by atoms with van der Waals surface area (Å²) in [4.78, 5) is 11.5. The van der Waals surface area contributed by atoms with Crippen LogP contribution in [0.1, 0.15) is 15.2 Å². The van der Waals surface area contributed by atoms with Crippen LogP contribution in [0.3, 0.4) is 0 Å². The highest BCUT2D eigenvalue weighted by molar-refractivity contribution is 9.11. The minimum atomic E-state index is -0.411. The summed E-state index contributed by atoms with van der Waals surface area (Å²) in [6.45, 7) is 0. The van der Waals surface area contributed by atoms with Gasteiger partial charge in [0.2, 0.25) is 0 Å². The van der Waals surface area contributed by atoms with Gasteiger partial charge in [-0.05, 0) is 45.6 Å². The van der Waals surface area contributed by atoms with E-state index in [1.165, 1.54) is 11.3 Å². The lowest BCUT2D eigenvalue weighted by molar-refractivity contribution is 0.108. The lowest BCUT2D eigenvalue weighted by atomic mass is 10.2. The lowest BCUT2D eigenvalue weighted by Crippen LogP contribution is -1.92. The van der Waals surface area contributed by atoms with Gasteiger partial charge in [0.05, 0.1) is 8.66 Å². The molecule has 1 aromatic rings. The van der Waals surface area contributed by atoms with Crippen LogP contribution in [0.15, 0.2) is 9.85 Å². The molecule has 0 unspecified atom stereocenters. The van der Waals surface area contributed by atoms with Crippen molar-refractivity contribution in [3.05, 3.63) is 20.3 Å². The van der Waals surface area contributed by atoms with Crippen molar-refractivity contribution in [3.63, 3.8) is 0 Å². The molecule has 1 aromatic heterocycles. The van der Waals surface area contributed by atoms with Crippen molar-refractivity contribution in [2.24, 2.45) is 0 Å². The molecule has 0 fully saturated rings. The Labute approximate surface area is 92.8 Å². The molecular formula is C7H5BrCl2OS. The molecule has 0 N–H and O–H groups in total. The molecule has 0 amide bonds. The van der Waals surface area contributed by atoms with Gasteiger partial charge in [0.1, 0.15) is 0 Å². The van der Waals surface area contributed by atoms with Crippen LogP contribution in [-0.2, 0) is 6.42 Å². The molecule has 0 atom stereocenters. The fraction of sp³-hybridized carbons (Fsp3) is 0.286. The van der Waals surface area contributed by atoms with E-state index in [1.807, 2.05) is 6.07 Å². The average molecular weight is 288 g/mol. The predicted molar refractivity (Wildman–Crippen MR) is 56.6 cm³/mol. The number of rotatable bonds is 3. The predicted octanol–water partition coefficient (Wildman–Crippen LogP) is 3.67. The third kappa shape index (κ3) is 2.46. The van der Waals surface area contributed by atoms with Crippen molar-refractivity contribution < 1.29 is 4.79 Å². The van der Waals surface area contributed by atoms with E-state index in [0.717, 1.165) is 9.35 Å². The summed E-state index contributed by atoms with van der Waals surface area (Å²) in [5.41, 5.74) is 0.918. The van der Waals surface area contributed by atoms with Crippen molar-refractivity contribution in [1.82, 2.24) is 0 Å². The summed E-state index contributed by atoms with van der Waals surface area (Å²) in [5, 5.41) is -0.411. The van der Waals surface area contributed by atoms with Gasteiger partial charge in [-0.25, -0.2) is 0 Å². The molecule has 66 valence electrons. The molecule has 0 spiro atoms. The van der Waals surface area contributed by atoms with E-state index in [0.29, 0.717) is 17.2 Å². The number of halogens is 3. The molecule has 0 aromatic carbocycles. The lowest BCUT2D eigenvalue weighted by Gasteiger charge is -1.93. The van der Waals surface area contributed by atoms with E-state index >= 15 is 0 Å². The van der Waals surface area contributed by atoms with Gasteiger partial charge in [0, 0.05) is 5.88 Å². The van der Waals surface area contributed by atoms with Crippen molar-refractivity contribution in [3.8, 4) is 0 Å². The average Bonchev–Trinajstić information content (AvgIpc) is 2.32. The zero-order valence-electron chi connectivity index (χ0n) is 5.94. The first-order chi connectivity index (χ1) is 5.65. The maximum atomic E-state index is 10.9. The maximum absolute atomic E-state index is 10.9. The van der Waals surface area contributed by atoms with Gasteiger partial charge in [-0.15, -0.1) is 22.9 Å². The Morgan fingerprint density at radius 2 is 2.33 bits per heavy atom. The smallest absolute Gasteiger partial charge is 0.262 e. The van der Waals surface area contributed by atoms with E-state index < -0.39 is 5.24 Å².